The summed E-state index contributed by atoms with van der Waals surface area (Å²) >= 11 is 0. The van der Waals surface area contributed by atoms with Crippen LogP contribution in [0.4, 0.5) is 11.6 Å². The molecule has 1 aliphatic heterocycles. The van der Waals surface area contributed by atoms with E-state index in [1.165, 1.54) is 0 Å². The van der Waals surface area contributed by atoms with E-state index in [1.807, 2.05) is 0 Å². The van der Waals surface area contributed by atoms with Gasteiger partial charge >= 0.3 is 0 Å². The molecule has 2 rings (SSSR count). The zero-order chi connectivity index (χ0) is 14.5. The van der Waals surface area contributed by atoms with Crippen LogP contribution in [0.3, 0.4) is 0 Å². The fourth-order valence-corrected chi connectivity index (χ4v) is 2.97. The maximum atomic E-state index is 5.58. The van der Waals surface area contributed by atoms with Gasteiger partial charge in [-0.2, -0.15) is 0 Å². The first kappa shape index (κ1) is 15.0. The minimum atomic E-state index is 0.494. The predicted octanol–water partition coefficient (Wildman–Crippen LogP) is 1.25. The van der Waals surface area contributed by atoms with Crippen molar-refractivity contribution in [2.75, 3.05) is 37.0 Å². The normalized spacial score (nSPS) is 20.8. The molecule has 1 unspecified atom stereocenters. The number of nitrogen functional groups attached to an aromatic ring is 1. The predicted molar refractivity (Wildman–Crippen MR) is 82.8 cm³/mol. The first-order valence-electron chi connectivity index (χ1n) is 7.46. The lowest BCUT2D eigenvalue weighted by atomic mass is 10.1. The number of nitrogens with one attached hydrogen (secondary N) is 1. The lowest BCUT2D eigenvalue weighted by Crippen LogP contribution is -2.41. The summed E-state index contributed by atoms with van der Waals surface area (Å²) in [5.41, 5.74) is 3.80. The Morgan fingerprint density at radius 1 is 1.35 bits per heavy atom. The van der Waals surface area contributed by atoms with E-state index in [0.29, 0.717) is 6.04 Å². The summed E-state index contributed by atoms with van der Waals surface area (Å²) in [6.07, 6.45) is 4.75. The van der Waals surface area contributed by atoms with Gasteiger partial charge in [0.15, 0.2) is 0 Å². The molecule has 0 aliphatic carbocycles. The van der Waals surface area contributed by atoms with Gasteiger partial charge in [-0.15, -0.1) is 0 Å². The number of rotatable bonds is 4. The molecule has 1 saturated heterocycles. The molecule has 0 amide bonds. The summed E-state index contributed by atoms with van der Waals surface area (Å²) in [6, 6.07) is 0.494. The molecule has 0 radical (unpaired) electrons. The van der Waals surface area contributed by atoms with Gasteiger partial charge in [-0.25, -0.2) is 15.8 Å². The van der Waals surface area contributed by atoms with Crippen molar-refractivity contribution in [2.45, 2.75) is 39.2 Å². The van der Waals surface area contributed by atoms with Crippen LogP contribution in [0.2, 0.25) is 0 Å². The summed E-state index contributed by atoms with van der Waals surface area (Å²) in [5.74, 6) is 7.36. The first-order chi connectivity index (χ1) is 9.71. The molecule has 3 N–H and O–H groups in total. The largest absolute Gasteiger partial charge is 0.352 e. The fourth-order valence-electron chi connectivity index (χ4n) is 2.97. The third-order valence-corrected chi connectivity index (χ3v) is 4.06. The molecule has 112 valence electrons. The highest BCUT2D eigenvalue weighted by atomic mass is 15.3. The van der Waals surface area contributed by atoms with Crippen LogP contribution in [-0.4, -0.2) is 47.6 Å². The molecule has 1 aromatic rings. The minimum Gasteiger partial charge on any atom is -0.352 e. The van der Waals surface area contributed by atoms with Gasteiger partial charge in [0.25, 0.3) is 0 Å². The minimum absolute atomic E-state index is 0.494. The van der Waals surface area contributed by atoms with Crippen LogP contribution >= 0.6 is 0 Å². The zero-order valence-electron chi connectivity index (χ0n) is 12.8. The standard InChI is InChI=1S/C14H26N6/c1-4-11-9-19(3)7-6-8-20(11)14-12(5-2)13(18-15)16-10-17-14/h10-11H,4-9,15H2,1-3H3,(H,16,17,18). The van der Waals surface area contributed by atoms with E-state index in [-0.39, 0.29) is 0 Å². The summed E-state index contributed by atoms with van der Waals surface area (Å²) in [4.78, 5) is 13.6. The first-order valence-corrected chi connectivity index (χ1v) is 7.46. The number of anilines is 2. The highest BCUT2D eigenvalue weighted by Crippen LogP contribution is 2.27. The number of nitrogens with two attached hydrogens (primary N) is 1. The van der Waals surface area contributed by atoms with Gasteiger partial charge in [0.1, 0.15) is 18.0 Å². The van der Waals surface area contributed by atoms with Crippen LogP contribution in [-0.2, 0) is 6.42 Å². The fraction of sp³-hybridized carbons (Fsp3) is 0.714. The van der Waals surface area contributed by atoms with E-state index in [9.17, 15) is 0 Å². The van der Waals surface area contributed by atoms with Crippen LogP contribution in [0.25, 0.3) is 0 Å². The van der Waals surface area contributed by atoms with Crippen molar-refractivity contribution in [3.05, 3.63) is 11.9 Å². The Morgan fingerprint density at radius 3 is 2.80 bits per heavy atom. The van der Waals surface area contributed by atoms with Gasteiger partial charge in [0, 0.05) is 24.7 Å². The Labute approximate surface area is 121 Å². The maximum absolute atomic E-state index is 5.58. The number of aromatic nitrogens is 2. The SMILES string of the molecule is CCc1c(NN)ncnc1N1CCCN(C)CC1CC. The lowest BCUT2D eigenvalue weighted by Gasteiger charge is -2.32. The smallest absolute Gasteiger partial charge is 0.148 e. The van der Waals surface area contributed by atoms with Crippen molar-refractivity contribution in [1.82, 2.24) is 14.9 Å². The number of hydrogen-bond acceptors (Lipinski definition) is 6. The van der Waals surface area contributed by atoms with Gasteiger partial charge < -0.3 is 15.2 Å². The average molecular weight is 278 g/mol. The van der Waals surface area contributed by atoms with Crippen molar-refractivity contribution in [3.8, 4) is 0 Å². The zero-order valence-corrected chi connectivity index (χ0v) is 12.8. The van der Waals surface area contributed by atoms with Crippen LogP contribution in [0.1, 0.15) is 32.3 Å². The molecule has 6 heteroatoms. The molecule has 2 heterocycles. The van der Waals surface area contributed by atoms with Crippen molar-refractivity contribution >= 4 is 11.6 Å². The maximum Gasteiger partial charge on any atom is 0.148 e. The molecule has 1 atom stereocenters. The summed E-state index contributed by atoms with van der Waals surface area (Å²) in [5, 5.41) is 0. The van der Waals surface area contributed by atoms with Crippen molar-refractivity contribution < 1.29 is 0 Å². The summed E-state index contributed by atoms with van der Waals surface area (Å²) < 4.78 is 0. The van der Waals surface area contributed by atoms with Gasteiger partial charge in [0.05, 0.1) is 0 Å². The van der Waals surface area contributed by atoms with Gasteiger partial charge in [-0.1, -0.05) is 13.8 Å². The number of likely N-dealkylation sites (N-methyl/N-ethyl adjacent to an activating group) is 1. The van der Waals surface area contributed by atoms with Gasteiger partial charge in [-0.05, 0) is 32.9 Å². The van der Waals surface area contributed by atoms with Crippen molar-refractivity contribution in [1.29, 1.82) is 0 Å². The van der Waals surface area contributed by atoms with Crippen molar-refractivity contribution in [2.24, 2.45) is 5.84 Å². The number of hydrogen-bond donors (Lipinski definition) is 2. The molecule has 6 nitrogen and oxygen atoms in total. The number of hydrazine groups is 1. The van der Waals surface area contributed by atoms with E-state index in [1.54, 1.807) is 6.33 Å². The second kappa shape index (κ2) is 6.85. The molecular weight excluding hydrogens is 252 g/mol. The summed E-state index contributed by atoms with van der Waals surface area (Å²) in [7, 11) is 2.19. The molecule has 0 bridgehead atoms. The quantitative estimate of drug-likeness (QED) is 0.638. The van der Waals surface area contributed by atoms with Crippen LogP contribution in [0.15, 0.2) is 6.33 Å². The second-order valence-electron chi connectivity index (χ2n) is 5.39. The van der Waals surface area contributed by atoms with Crippen LogP contribution in [0.5, 0.6) is 0 Å². The van der Waals surface area contributed by atoms with Gasteiger partial charge in [0.2, 0.25) is 0 Å². The lowest BCUT2D eigenvalue weighted by molar-refractivity contribution is 0.327. The third-order valence-electron chi connectivity index (χ3n) is 4.06. The van der Waals surface area contributed by atoms with E-state index in [4.69, 9.17) is 5.84 Å². The molecule has 1 fully saturated rings. The van der Waals surface area contributed by atoms with E-state index in [0.717, 1.165) is 56.1 Å². The molecule has 20 heavy (non-hydrogen) atoms. The van der Waals surface area contributed by atoms with Crippen molar-refractivity contribution in [3.63, 3.8) is 0 Å². The van der Waals surface area contributed by atoms with Crippen LogP contribution < -0.4 is 16.2 Å². The number of nitrogens with zero attached hydrogens (tertiary/aromatic N) is 4. The van der Waals surface area contributed by atoms with Gasteiger partial charge in [-0.3, -0.25) is 0 Å². The molecule has 0 saturated carbocycles. The Morgan fingerprint density at radius 2 is 2.15 bits per heavy atom. The topological polar surface area (TPSA) is 70.3 Å². The van der Waals surface area contributed by atoms with E-state index in [2.05, 4.69) is 46.1 Å². The van der Waals surface area contributed by atoms with E-state index >= 15 is 0 Å². The Hall–Kier alpha value is -1.40. The Kier molecular flexibility index (Phi) is 5.14. The Bertz CT molecular complexity index is 436. The second-order valence-corrected chi connectivity index (χ2v) is 5.39. The molecule has 0 spiro atoms. The molecule has 1 aromatic heterocycles. The highest BCUT2D eigenvalue weighted by Gasteiger charge is 2.25. The Balaban J connectivity index is 2.37. The average Bonchev–Trinajstić information content (AvgIpc) is 2.67. The molecular formula is C14H26N6. The van der Waals surface area contributed by atoms with Crippen LogP contribution in [0, 0.1) is 0 Å². The highest BCUT2D eigenvalue weighted by molar-refractivity contribution is 5.59. The third kappa shape index (κ3) is 3.02. The molecule has 1 aliphatic rings. The van der Waals surface area contributed by atoms with E-state index < -0.39 is 0 Å². The molecule has 0 aromatic carbocycles. The summed E-state index contributed by atoms with van der Waals surface area (Å²) in [6.45, 7) is 7.62. The monoisotopic (exact) mass is 278 g/mol.